The number of hydrogen-bond donors (Lipinski definition) is 1. The molecule has 0 aliphatic carbocycles. The van der Waals surface area contributed by atoms with Crippen LogP contribution in [0.15, 0.2) is 18.3 Å². The van der Waals surface area contributed by atoms with E-state index in [2.05, 4.69) is 24.1 Å². The number of nitrogens with one attached hydrogen (secondary N) is 1. The number of pyridine rings is 1. The molecule has 1 saturated heterocycles. The van der Waals surface area contributed by atoms with Gasteiger partial charge in [0.05, 0.1) is 17.9 Å². The third-order valence-electron chi connectivity index (χ3n) is 3.18. The van der Waals surface area contributed by atoms with Gasteiger partial charge >= 0.3 is 0 Å². The second-order valence-corrected chi connectivity index (χ2v) is 5.16. The summed E-state index contributed by atoms with van der Waals surface area (Å²) in [4.78, 5) is 18.5. The minimum atomic E-state index is -0.0555. The lowest BCUT2D eigenvalue weighted by Crippen LogP contribution is -2.52. The molecule has 1 atom stereocenters. The Morgan fingerprint density at radius 2 is 2.22 bits per heavy atom. The number of aryl methyl sites for hydroxylation is 1. The number of carbonyl (C=O) groups excluding carboxylic acids is 1. The Morgan fingerprint density at radius 3 is 2.83 bits per heavy atom. The van der Waals surface area contributed by atoms with Crippen molar-refractivity contribution in [3.8, 4) is 0 Å². The molecule has 1 aliphatic heterocycles. The first-order valence-electron chi connectivity index (χ1n) is 6.58. The monoisotopic (exact) mass is 247 g/mol. The summed E-state index contributed by atoms with van der Waals surface area (Å²) in [7, 11) is 0. The first-order chi connectivity index (χ1) is 8.58. The maximum Gasteiger partial charge on any atom is 0.244 e. The molecule has 1 aliphatic rings. The van der Waals surface area contributed by atoms with Crippen molar-refractivity contribution in [3.63, 3.8) is 0 Å². The first-order valence-corrected chi connectivity index (χ1v) is 6.58. The van der Waals surface area contributed by atoms with Crippen molar-refractivity contribution < 1.29 is 4.79 Å². The van der Waals surface area contributed by atoms with Crippen LogP contribution in [0.1, 0.15) is 32.4 Å². The van der Waals surface area contributed by atoms with E-state index in [1.165, 1.54) is 0 Å². The first kappa shape index (κ1) is 13.0. The van der Waals surface area contributed by atoms with Crippen molar-refractivity contribution in [2.75, 3.05) is 11.4 Å². The van der Waals surface area contributed by atoms with Gasteiger partial charge in [-0.05, 0) is 31.9 Å². The highest BCUT2D eigenvalue weighted by Crippen LogP contribution is 2.20. The molecule has 0 aromatic carbocycles. The molecule has 1 aromatic rings. The van der Waals surface area contributed by atoms with Crippen molar-refractivity contribution >= 4 is 11.6 Å². The van der Waals surface area contributed by atoms with Gasteiger partial charge in [0, 0.05) is 18.3 Å². The number of hydrogen-bond acceptors (Lipinski definition) is 3. The van der Waals surface area contributed by atoms with E-state index in [-0.39, 0.29) is 11.9 Å². The van der Waals surface area contributed by atoms with Gasteiger partial charge in [0.25, 0.3) is 0 Å². The molecule has 1 N–H and O–H groups in total. The summed E-state index contributed by atoms with van der Waals surface area (Å²) in [6.07, 6.45) is 3.74. The van der Waals surface area contributed by atoms with Crippen LogP contribution in [0, 0.1) is 6.92 Å². The smallest absolute Gasteiger partial charge is 0.244 e. The van der Waals surface area contributed by atoms with Gasteiger partial charge in [-0.25, -0.2) is 0 Å². The largest absolute Gasteiger partial charge is 0.310 e. The van der Waals surface area contributed by atoms with E-state index in [1.54, 1.807) is 6.20 Å². The Hall–Kier alpha value is -1.42. The highest BCUT2D eigenvalue weighted by Gasteiger charge is 2.29. The van der Waals surface area contributed by atoms with Gasteiger partial charge in [0.15, 0.2) is 0 Å². The van der Waals surface area contributed by atoms with Crippen molar-refractivity contribution in [2.45, 2.75) is 45.7 Å². The van der Waals surface area contributed by atoms with Gasteiger partial charge < -0.3 is 10.2 Å². The van der Waals surface area contributed by atoms with Crippen LogP contribution in [0.2, 0.25) is 0 Å². The summed E-state index contributed by atoms with van der Waals surface area (Å²) in [6, 6.07) is 4.19. The zero-order valence-electron chi connectivity index (χ0n) is 11.3. The van der Waals surface area contributed by atoms with Crippen LogP contribution in [-0.2, 0) is 4.79 Å². The average Bonchev–Trinajstić information content (AvgIpc) is 2.33. The number of rotatable bonds is 3. The zero-order chi connectivity index (χ0) is 13.1. The molecular formula is C14H21N3O. The lowest BCUT2D eigenvalue weighted by Gasteiger charge is -2.33. The minimum absolute atomic E-state index is 0.0555. The number of piperidine rings is 1. The third kappa shape index (κ3) is 2.88. The maximum absolute atomic E-state index is 12.4. The van der Waals surface area contributed by atoms with Crippen LogP contribution in [0.3, 0.4) is 0 Å². The topological polar surface area (TPSA) is 45.2 Å². The number of anilines is 1. The van der Waals surface area contributed by atoms with E-state index in [0.717, 1.165) is 30.8 Å². The Kier molecular flexibility index (Phi) is 3.97. The van der Waals surface area contributed by atoms with Crippen molar-refractivity contribution in [2.24, 2.45) is 0 Å². The lowest BCUT2D eigenvalue weighted by molar-refractivity contribution is -0.121. The van der Waals surface area contributed by atoms with E-state index in [4.69, 9.17) is 0 Å². The highest BCUT2D eigenvalue weighted by atomic mass is 16.2. The fourth-order valence-electron chi connectivity index (χ4n) is 2.31. The minimum Gasteiger partial charge on any atom is -0.310 e. The predicted molar refractivity (Wildman–Crippen MR) is 72.6 cm³/mol. The molecule has 0 saturated carbocycles. The third-order valence-corrected chi connectivity index (χ3v) is 3.18. The molecule has 18 heavy (non-hydrogen) atoms. The van der Waals surface area contributed by atoms with Crippen LogP contribution < -0.4 is 10.2 Å². The Labute approximate surface area is 108 Å². The molecular weight excluding hydrogens is 226 g/mol. The molecule has 4 heteroatoms. The van der Waals surface area contributed by atoms with Crippen LogP contribution in [0.5, 0.6) is 0 Å². The number of nitrogens with zero attached hydrogens (tertiary/aromatic N) is 2. The van der Waals surface area contributed by atoms with Gasteiger partial charge in [0.2, 0.25) is 5.91 Å². The lowest BCUT2D eigenvalue weighted by atomic mass is 10.0. The SMILES string of the molecule is Cc1ccc(N2CCCC(NC(C)C)C2=O)cn1. The van der Waals surface area contributed by atoms with Crippen LogP contribution in [0.4, 0.5) is 5.69 Å². The van der Waals surface area contributed by atoms with Gasteiger partial charge in [-0.3, -0.25) is 9.78 Å². The fraction of sp³-hybridized carbons (Fsp3) is 0.571. The van der Waals surface area contributed by atoms with Gasteiger partial charge in [-0.2, -0.15) is 0 Å². The molecule has 1 amide bonds. The fourth-order valence-corrected chi connectivity index (χ4v) is 2.31. The van der Waals surface area contributed by atoms with Gasteiger partial charge in [-0.15, -0.1) is 0 Å². The second-order valence-electron chi connectivity index (χ2n) is 5.16. The van der Waals surface area contributed by atoms with E-state index in [1.807, 2.05) is 24.0 Å². The second kappa shape index (κ2) is 5.48. The van der Waals surface area contributed by atoms with Crippen molar-refractivity contribution in [1.29, 1.82) is 0 Å². The highest BCUT2D eigenvalue weighted by molar-refractivity contribution is 5.97. The van der Waals surface area contributed by atoms with E-state index < -0.39 is 0 Å². The molecule has 1 fully saturated rings. The van der Waals surface area contributed by atoms with Crippen LogP contribution >= 0.6 is 0 Å². The normalized spacial score (nSPS) is 20.6. The van der Waals surface area contributed by atoms with E-state index in [0.29, 0.717) is 6.04 Å². The molecule has 1 aromatic heterocycles. The molecule has 4 nitrogen and oxygen atoms in total. The summed E-state index contributed by atoms with van der Waals surface area (Å²) in [5.41, 5.74) is 1.88. The van der Waals surface area contributed by atoms with E-state index >= 15 is 0 Å². The number of amides is 1. The summed E-state index contributed by atoms with van der Waals surface area (Å²) >= 11 is 0. The molecule has 2 rings (SSSR count). The average molecular weight is 247 g/mol. The molecule has 2 heterocycles. The standard InChI is InChI=1S/C14H21N3O/c1-10(2)16-13-5-4-8-17(14(13)18)12-7-6-11(3)15-9-12/h6-7,9-10,13,16H,4-5,8H2,1-3H3. The van der Waals surface area contributed by atoms with Gasteiger partial charge in [0.1, 0.15) is 0 Å². The summed E-state index contributed by atoms with van der Waals surface area (Å²) in [5.74, 6) is 0.167. The van der Waals surface area contributed by atoms with Gasteiger partial charge in [-0.1, -0.05) is 13.8 Å². The van der Waals surface area contributed by atoms with Crippen LogP contribution in [-0.4, -0.2) is 29.5 Å². The van der Waals surface area contributed by atoms with Crippen LogP contribution in [0.25, 0.3) is 0 Å². The zero-order valence-corrected chi connectivity index (χ0v) is 11.3. The predicted octanol–water partition coefficient (Wildman–Crippen LogP) is 1.88. The Bertz CT molecular complexity index is 414. The molecule has 0 spiro atoms. The molecule has 0 bridgehead atoms. The summed E-state index contributed by atoms with van der Waals surface area (Å²) in [5, 5.41) is 3.33. The molecule has 1 unspecified atom stereocenters. The molecule has 98 valence electrons. The van der Waals surface area contributed by atoms with E-state index in [9.17, 15) is 4.79 Å². The summed E-state index contributed by atoms with van der Waals surface area (Å²) < 4.78 is 0. The molecule has 0 radical (unpaired) electrons. The Morgan fingerprint density at radius 1 is 1.44 bits per heavy atom. The number of carbonyl (C=O) groups is 1. The van der Waals surface area contributed by atoms with Crippen molar-refractivity contribution in [1.82, 2.24) is 10.3 Å². The van der Waals surface area contributed by atoms with Crippen molar-refractivity contribution in [3.05, 3.63) is 24.0 Å². The quantitative estimate of drug-likeness (QED) is 0.887. The Balaban J connectivity index is 2.13. The number of aromatic nitrogens is 1. The maximum atomic E-state index is 12.4. The summed E-state index contributed by atoms with van der Waals surface area (Å²) in [6.45, 7) is 6.88.